The molecule has 1 aliphatic heterocycles. The van der Waals surface area contributed by atoms with Gasteiger partial charge in [-0.3, -0.25) is 24.1 Å². The van der Waals surface area contributed by atoms with Crippen LogP contribution >= 0.6 is 15.9 Å². The molecule has 16 heteroatoms. The van der Waals surface area contributed by atoms with Crippen LogP contribution < -0.4 is 10.5 Å². The summed E-state index contributed by atoms with van der Waals surface area (Å²) in [5.41, 5.74) is 0.623. The highest BCUT2D eigenvalue weighted by molar-refractivity contribution is 9.10. The van der Waals surface area contributed by atoms with E-state index >= 15 is 0 Å². The number of hydrogen-bond acceptors (Lipinski definition) is 7. The van der Waals surface area contributed by atoms with Gasteiger partial charge in [0, 0.05) is 12.0 Å². The van der Waals surface area contributed by atoms with Gasteiger partial charge in [0.2, 0.25) is 5.89 Å². The Morgan fingerprint density at radius 3 is 2.13 bits per heavy atom. The predicted octanol–water partition coefficient (Wildman–Crippen LogP) is 5.59. The molecule has 10 nitrogen and oxygen atoms in total. The van der Waals surface area contributed by atoms with Crippen molar-refractivity contribution in [3.05, 3.63) is 105 Å². The summed E-state index contributed by atoms with van der Waals surface area (Å²) >= 11 is 3.10. The molecule has 0 saturated heterocycles. The quantitative estimate of drug-likeness (QED) is 0.160. The summed E-state index contributed by atoms with van der Waals surface area (Å²) in [6.07, 6.45) is -5.28. The van der Waals surface area contributed by atoms with Gasteiger partial charge >= 0.3 is 12.1 Å². The van der Waals surface area contributed by atoms with E-state index in [1.165, 1.54) is 24.3 Å². The largest absolute Gasteiger partial charge is 0.490 e. The van der Waals surface area contributed by atoms with E-state index in [2.05, 4.69) is 20.9 Å². The lowest BCUT2D eigenvalue weighted by molar-refractivity contribution is -0.146. The van der Waals surface area contributed by atoms with E-state index in [1.54, 1.807) is 0 Å². The summed E-state index contributed by atoms with van der Waals surface area (Å²) < 4.78 is 79.0. The first-order chi connectivity index (χ1) is 21.7. The predicted molar refractivity (Wildman–Crippen MR) is 151 cm³/mol. The molecule has 1 aliphatic rings. The van der Waals surface area contributed by atoms with E-state index in [1.807, 2.05) is 0 Å². The van der Waals surface area contributed by atoms with Gasteiger partial charge in [0.25, 0.3) is 17.7 Å². The maximum absolute atomic E-state index is 14.8. The molecule has 0 spiro atoms. The molecule has 4 aromatic rings. The fourth-order valence-electron chi connectivity index (χ4n) is 4.88. The van der Waals surface area contributed by atoms with E-state index in [0.717, 1.165) is 30.3 Å². The molecule has 5 rings (SSSR count). The topological polar surface area (TPSA) is 153 Å². The van der Waals surface area contributed by atoms with Crippen LogP contribution in [0.3, 0.4) is 0 Å². The van der Waals surface area contributed by atoms with Crippen molar-refractivity contribution in [3.63, 3.8) is 0 Å². The Kier molecular flexibility index (Phi) is 8.42. The average Bonchev–Trinajstić information content (AvgIpc) is 3.50. The Morgan fingerprint density at radius 2 is 1.59 bits per heavy atom. The van der Waals surface area contributed by atoms with Crippen LogP contribution in [0.15, 0.2) is 69.8 Å². The highest BCUT2D eigenvalue weighted by atomic mass is 79.9. The number of primary amides is 1. The highest BCUT2D eigenvalue weighted by Crippen LogP contribution is 2.39. The van der Waals surface area contributed by atoms with Gasteiger partial charge in [-0.1, -0.05) is 24.3 Å². The first kappa shape index (κ1) is 32.3. The highest BCUT2D eigenvalue weighted by Gasteiger charge is 2.51. The molecule has 0 aliphatic carbocycles. The first-order valence-electron chi connectivity index (χ1n) is 13.1. The van der Waals surface area contributed by atoms with Gasteiger partial charge in [0.05, 0.1) is 29.8 Å². The minimum Gasteiger partial charge on any atom is -0.490 e. The third-order valence-corrected chi connectivity index (χ3v) is 7.82. The van der Waals surface area contributed by atoms with E-state index in [9.17, 15) is 46.2 Å². The second-order valence-corrected chi connectivity index (χ2v) is 10.8. The van der Waals surface area contributed by atoms with E-state index < -0.39 is 89.3 Å². The number of amides is 3. The monoisotopic (exact) mass is 707 g/mol. The molecule has 1 aromatic heterocycles. The smallest absolute Gasteiger partial charge is 0.416 e. The number of rotatable bonds is 10. The van der Waals surface area contributed by atoms with Crippen LogP contribution in [0.4, 0.5) is 22.0 Å². The molecule has 0 fully saturated rings. The third kappa shape index (κ3) is 5.71. The minimum absolute atomic E-state index is 0.00873. The van der Waals surface area contributed by atoms with Crippen molar-refractivity contribution in [2.75, 3.05) is 13.2 Å². The number of carboxylic acid groups (broad SMARTS) is 1. The zero-order valence-electron chi connectivity index (χ0n) is 23.0. The van der Waals surface area contributed by atoms with Gasteiger partial charge in [0.1, 0.15) is 17.1 Å². The van der Waals surface area contributed by atoms with E-state index in [0.29, 0.717) is 11.0 Å². The molecule has 1 unspecified atom stereocenters. The number of aromatic nitrogens is 1. The first-order valence-corrected chi connectivity index (χ1v) is 13.9. The molecule has 238 valence electrons. The van der Waals surface area contributed by atoms with Crippen molar-refractivity contribution >= 4 is 39.6 Å². The number of hydrogen-bond donors (Lipinski definition) is 2. The molecule has 1 atom stereocenters. The molecule has 0 radical (unpaired) electrons. The number of nitrogens with two attached hydrogens (primary N) is 1. The Hall–Kier alpha value is -5.12. The SMILES string of the molecule is NC(=O)c1c(F)ccc(OCCC(CN2C(=O)c3ccccc3C2=O)(C(=O)O)c2nc(-c3ccc(C(F)(F)F)cc3)c(Br)o2)c1F. The summed E-state index contributed by atoms with van der Waals surface area (Å²) in [7, 11) is 0. The zero-order valence-corrected chi connectivity index (χ0v) is 24.6. The molecule has 2 heterocycles. The lowest BCUT2D eigenvalue weighted by Gasteiger charge is -2.30. The number of fused-ring (bicyclic) bond motifs is 1. The van der Waals surface area contributed by atoms with Crippen LogP contribution in [-0.4, -0.2) is 51.8 Å². The molecule has 0 saturated carbocycles. The Balaban J connectivity index is 1.55. The van der Waals surface area contributed by atoms with Crippen LogP contribution in [0.5, 0.6) is 5.75 Å². The van der Waals surface area contributed by atoms with Crippen LogP contribution in [0.25, 0.3) is 11.3 Å². The van der Waals surface area contributed by atoms with Gasteiger partial charge in [-0.2, -0.15) is 13.2 Å². The summed E-state index contributed by atoms with van der Waals surface area (Å²) in [5, 5.41) is 10.6. The number of halogens is 6. The summed E-state index contributed by atoms with van der Waals surface area (Å²) in [6, 6.07) is 11.0. The standard InChI is InChI=1S/C30H19BrF5N3O7/c31-23-22(14-5-7-15(8-6-14)30(34,35)36)38-27(46-23)29(28(43)44,13-39-25(41)16-3-1-2-4-17(16)26(39)42)11-12-45-19-10-9-18(32)20(21(19)33)24(37)40/h1-10H,11-13H2,(H2,37,40)(H,43,44). The summed E-state index contributed by atoms with van der Waals surface area (Å²) in [6.45, 7) is -1.54. The number of carboxylic acids is 1. The molecule has 3 amide bonds. The summed E-state index contributed by atoms with van der Waals surface area (Å²) in [4.78, 5) is 55.9. The molecular weight excluding hydrogens is 689 g/mol. The van der Waals surface area contributed by atoms with Crippen molar-refractivity contribution < 1.29 is 55.4 Å². The van der Waals surface area contributed by atoms with Crippen LogP contribution in [-0.2, 0) is 16.4 Å². The van der Waals surface area contributed by atoms with Crippen LogP contribution in [0.1, 0.15) is 48.9 Å². The number of carbonyl (C=O) groups excluding carboxylic acids is 3. The molecular formula is C30H19BrF5N3O7. The normalized spacial score (nSPS) is 14.3. The number of oxazole rings is 1. The number of nitrogens with zero attached hydrogens (tertiary/aromatic N) is 2. The number of benzene rings is 3. The van der Waals surface area contributed by atoms with Gasteiger partial charge < -0.3 is 20.0 Å². The minimum atomic E-state index is -4.63. The van der Waals surface area contributed by atoms with Crippen molar-refractivity contribution in [1.29, 1.82) is 0 Å². The Labute approximate surface area is 263 Å². The Bertz CT molecular complexity index is 1860. The lowest BCUT2D eigenvalue weighted by atomic mass is 9.83. The average molecular weight is 708 g/mol. The maximum atomic E-state index is 14.8. The number of alkyl halides is 3. The van der Waals surface area contributed by atoms with Gasteiger partial charge in [-0.25, -0.2) is 13.8 Å². The maximum Gasteiger partial charge on any atom is 0.416 e. The fourth-order valence-corrected chi connectivity index (χ4v) is 5.35. The van der Waals surface area contributed by atoms with Crippen molar-refractivity contribution in [2.45, 2.75) is 18.0 Å². The van der Waals surface area contributed by atoms with Gasteiger partial charge in [-0.15, -0.1) is 0 Å². The van der Waals surface area contributed by atoms with Gasteiger partial charge in [-0.05, 0) is 52.3 Å². The van der Waals surface area contributed by atoms with Crippen molar-refractivity contribution in [2.24, 2.45) is 5.73 Å². The third-order valence-electron chi connectivity index (χ3n) is 7.28. The lowest BCUT2D eigenvalue weighted by Crippen LogP contribution is -2.49. The molecule has 46 heavy (non-hydrogen) atoms. The number of ether oxygens (including phenoxy) is 1. The second kappa shape index (κ2) is 12.0. The van der Waals surface area contributed by atoms with E-state index in [4.69, 9.17) is 14.9 Å². The van der Waals surface area contributed by atoms with Crippen molar-refractivity contribution in [3.8, 4) is 17.0 Å². The fraction of sp³-hybridized carbons (Fsp3) is 0.167. The Morgan fingerprint density at radius 1 is 0.978 bits per heavy atom. The molecule has 3 N–H and O–H groups in total. The second-order valence-electron chi connectivity index (χ2n) is 10.0. The molecule has 0 bridgehead atoms. The van der Waals surface area contributed by atoms with Crippen molar-refractivity contribution in [1.82, 2.24) is 9.88 Å². The number of imide groups is 1. The zero-order chi connectivity index (χ0) is 33.6. The van der Waals surface area contributed by atoms with Gasteiger partial charge in [0.15, 0.2) is 21.7 Å². The number of carbonyl (C=O) groups is 4. The molecule has 3 aromatic carbocycles. The number of aliphatic carboxylic acids is 1. The summed E-state index contributed by atoms with van der Waals surface area (Å²) in [5.74, 6) is -8.69. The van der Waals surface area contributed by atoms with Crippen LogP contribution in [0.2, 0.25) is 0 Å². The van der Waals surface area contributed by atoms with E-state index in [-0.39, 0.29) is 27.1 Å². The van der Waals surface area contributed by atoms with Crippen LogP contribution in [0, 0.1) is 11.6 Å².